The SMILES string of the molecule is COc1nc(C(F)F)cc(C(=O)Cl)c1O. The molecule has 0 unspecified atom stereocenters. The van der Waals surface area contributed by atoms with Crippen molar-refractivity contribution in [2.24, 2.45) is 0 Å². The maximum atomic E-state index is 12.3. The van der Waals surface area contributed by atoms with Crippen LogP contribution < -0.4 is 4.74 Å². The van der Waals surface area contributed by atoms with Gasteiger partial charge in [0.2, 0.25) is 0 Å². The Morgan fingerprint density at radius 2 is 2.27 bits per heavy atom. The molecule has 0 aliphatic carbocycles. The summed E-state index contributed by atoms with van der Waals surface area (Å²) in [7, 11) is 1.12. The van der Waals surface area contributed by atoms with E-state index in [4.69, 9.17) is 11.6 Å². The number of carbonyl (C=O) groups is 1. The molecule has 7 heteroatoms. The second-order valence-electron chi connectivity index (χ2n) is 2.53. The van der Waals surface area contributed by atoms with Crippen molar-refractivity contribution in [2.45, 2.75) is 6.43 Å². The monoisotopic (exact) mass is 237 g/mol. The van der Waals surface area contributed by atoms with Crippen LogP contribution in [0.2, 0.25) is 0 Å². The van der Waals surface area contributed by atoms with E-state index in [9.17, 15) is 18.7 Å². The molecule has 1 aromatic heterocycles. The molecule has 0 bridgehead atoms. The van der Waals surface area contributed by atoms with Gasteiger partial charge in [0.1, 0.15) is 5.69 Å². The molecular weight excluding hydrogens is 232 g/mol. The summed E-state index contributed by atoms with van der Waals surface area (Å²) in [6.45, 7) is 0. The van der Waals surface area contributed by atoms with E-state index in [1.807, 2.05) is 0 Å². The van der Waals surface area contributed by atoms with Gasteiger partial charge in [-0.2, -0.15) is 0 Å². The summed E-state index contributed by atoms with van der Waals surface area (Å²) < 4.78 is 29.1. The normalized spacial score (nSPS) is 10.5. The number of halogens is 3. The van der Waals surface area contributed by atoms with Crippen molar-refractivity contribution >= 4 is 16.8 Å². The molecule has 82 valence electrons. The highest BCUT2D eigenvalue weighted by atomic mass is 35.5. The molecule has 0 fully saturated rings. The third-order valence-electron chi connectivity index (χ3n) is 1.61. The lowest BCUT2D eigenvalue weighted by molar-refractivity contribution is 0.107. The van der Waals surface area contributed by atoms with Gasteiger partial charge in [0.25, 0.3) is 17.5 Å². The smallest absolute Gasteiger partial charge is 0.280 e. The Hall–Kier alpha value is -1.43. The maximum Gasteiger partial charge on any atom is 0.280 e. The van der Waals surface area contributed by atoms with Crippen molar-refractivity contribution < 1.29 is 23.4 Å². The minimum absolute atomic E-state index is 0.459. The van der Waals surface area contributed by atoms with Crippen LogP contribution in [-0.4, -0.2) is 22.4 Å². The first kappa shape index (κ1) is 11.6. The van der Waals surface area contributed by atoms with Crippen molar-refractivity contribution in [3.05, 3.63) is 17.3 Å². The summed E-state index contributed by atoms with van der Waals surface area (Å²) in [5.41, 5.74) is -1.15. The van der Waals surface area contributed by atoms with Crippen LogP contribution in [0.1, 0.15) is 22.5 Å². The molecule has 0 radical (unpaired) electrons. The Morgan fingerprint density at radius 1 is 1.67 bits per heavy atom. The molecule has 1 heterocycles. The number of carbonyl (C=O) groups excluding carboxylic acids is 1. The molecule has 0 aliphatic heterocycles. The Balaban J connectivity index is 3.38. The molecule has 15 heavy (non-hydrogen) atoms. The van der Waals surface area contributed by atoms with E-state index in [2.05, 4.69) is 9.72 Å². The van der Waals surface area contributed by atoms with E-state index in [-0.39, 0.29) is 0 Å². The zero-order valence-electron chi connectivity index (χ0n) is 7.50. The van der Waals surface area contributed by atoms with Gasteiger partial charge in [-0.15, -0.1) is 0 Å². The fourth-order valence-electron chi connectivity index (χ4n) is 0.938. The summed E-state index contributed by atoms with van der Waals surface area (Å²) in [6.07, 6.45) is -2.88. The fraction of sp³-hybridized carbons (Fsp3) is 0.250. The van der Waals surface area contributed by atoms with Crippen LogP contribution in [0.5, 0.6) is 11.6 Å². The Bertz CT molecular complexity index is 398. The zero-order valence-corrected chi connectivity index (χ0v) is 8.26. The fourth-order valence-corrected chi connectivity index (χ4v) is 1.08. The van der Waals surface area contributed by atoms with E-state index in [1.54, 1.807) is 0 Å². The van der Waals surface area contributed by atoms with Gasteiger partial charge in [-0.05, 0) is 17.7 Å². The number of pyridine rings is 1. The van der Waals surface area contributed by atoms with Gasteiger partial charge in [0, 0.05) is 0 Å². The first-order valence-corrected chi connectivity index (χ1v) is 4.11. The van der Waals surface area contributed by atoms with Crippen molar-refractivity contribution in [1.29, 1.82) is 0 Å². The number of hydrogen-bond acceptors (Lipinski definition) is 4. The third-order valence-corrected chi connectivity index (χ3v) is 1.81. The lowest BCUT2D eigenvalue weighted by Gasteiger charge is -2.07. The highest BCUT2D eigenvalue weighted by molar-refractivity contribution is 6.68. The molecule has 1 rings (SSSR count). The molecule has 1 N–H and O–H groups in total. The van der Waals surface area contributed by atoms with Gasteiger partial charge in [0.15, 0.2) is 5.75 Å². The Labute approximate surface area is 88.4 Å². The van der Waals surface area contributed by atoms with Crippen LogP contribution in [0.25, 0.3) is 0 Å². The highest BCUT2D eigenvalue weighted by Crippen LogP contribution is 2.32. The molecule has 0 saturated carbocycles. The van der Waals surface area contributed by atoms with Crippen LogP contribution in [-0.2, 0) is 0 Å². The van der Waals surface area contributed by atoms with E-state index >= 15 is 0 Å². The molecule has 0 aliphatic rings. The van der Waals surface area contributed by atoms with Crippen LogP contribution in [0.4, 0.5) is 8.78 Å². The third kappa shape index (κ3) is 2.33. The maximum absolute atomic E-state index is 12.3. The van der Waals surface area contributed by atoms with Crippen molar-refractivity contribution in [2.75, 3.05) is 7.11 Å². The number of aromatic hydroxyl groups is 1. The van der Waals surface area contributed by atoms with Gasteiger partial charge in [0.05, 0.1) is 12.7 Å². The summed E-state index contributed by atoms with van der Waals surface area (Å²) in [4.78, 5) is 14.1. The summed E-state index contributed by atoms with van der Waals surface area (Å²) >= 11 is 5.09. The predicted octanol–water partition coefficient (Wildman–Crippen LogP) is 2.11. The first-order valence-electron chi connectivity index (χ1n) is 3.73. The van der Waals surface area contributed by atoms with Gasteiger partial charge in [-0.3, -0.25) is 4.79 Å². The highest BCUT2D eigenvalue weighted by Gasteiger charge is 2.20. The van der Waals surface area contributed by atoms with Gasteiger partial charge in [-0.25, -0.2) is 13.8 Å². The quantitative estimate of drug-likeness (QED) is 0.818. The zero-order chi connectivity index (χ0) is 11.6. The van der Waals surface area contributed by atoms with E-state index in [0.29, 0.717) is 0 Å². The number of methoxy groups -OCH3 is 1. The van der Waals surface area contributed by atoms with E-state index < -0.39 is 34.6 Å². The first-order chi connectivity index (χ1) is 6.97. The van der Waals surface area contributed by atoms with Gasteiger partial charge >= 0.3 is 0 Å². The van der Waals surface area contributed by atoms with Crippen LogP contribution >= 0.6 is 11.6 Å². The Morgan fingerprint density at radius 3 is 2.67 bits per heavy atom. The van der Waals surface area contributed by atoms with E-state index in [1.165, 1.54) is 0 Å². The number of aromatic nitrogens is 1. The topological polar surface area (TPSA) is 59.4 Å². The van der Waals surface area contributed by atoms with Crippen LogP contribution in [0.3, 0.4) is 0 Å². The largest absolute Gasteiger partial charge is 0.503 e. The summed E-state index contributed by atoms with van der Waals surface area (Å²) in [5, 5.41) is 8.27. The summed E-state index contributed by atoms with van der Waals surface area (Å²) in [5.74, 6) is -1.11. The number of nitrogens with zero attached hydrogens (tertiary/aromatic N) is 1. The molecule has 0 atom stereocenters. The minimum Gasteiger partial charge on any atom is -0.503 e. The Kier molecular flexibility index (Phi) is 3.41. The molecule has 0 amide bonds. The molecule has 0 saturated heterocycles. The van der Waals surface area contributed by atoms with Crippen molar-refractivity contribution in [3.63, 3.8) is 0 Å². The van der Waals surface area contributed by atoms with E-state index in [0.717, 1.165) is 13.2 Å². The van der Waals surface area contributed by atoms with Crippen LogP contribution in [0.15, 0.2) is 6.07 Å². The van der Waals surface area contributed by atoms with Crippen molar-refractivity contribution in [1.82, 2.24) is 4.98 Å². The second kappa shape index (κ2) is 4.39. The lowest BCUT2D eigenvalue weighted by atomic mass is 10.2. The molecule has 0 aromatic carbocycles. The standard InChI is InChI=1S/C8H6ClF2NO3/c1-15-8-5(13)3(6(9)14)2-4(12-8)7(10)11/h2,7,13H,1H3. The number of alkyl halides is 2. The molecular formula is C8H6ClF2NO3. The lowest BCUT2D eigenvalue weighted by Crippen LogP contribution is -2.00. The number of ether oxygens (including phenoxy) is 1. The summed E-state index contributed by atoms with van der Waals surface area (Å²) in [6, 6.07) is 0.720. The molecule has 0 spiro atoms. The number of rotatable bonds is 3. The molecule has 4 nitrogen and oxygen atoms in total. The van der Waals surface area contributed by atoms with Crippen LogP contribution in [0, 0.1) is 0 Å². The average Bonchev–Trinajstić information content (AvgIpc) is 2.17. The van der Waals surface area contributed by atoms with Gasteiger partial charge < -0.3 is 9.84 Å². The average molecular weight is 238 g/mol. The minimum atomic E-state index is -2.88. The second-order valence-corrected chi connectivity index (χ2v) is 2.87. The number of hydrogen-bond donors (Lipinski definition) is 1. The van der Waals surface area contributed by atoms with Crippen molar-refractivity contribution in [3.8, 4) is 11.6 Å². The molecule has 1 aromatic rings. The van der Waals surface area contributed by atoms with Gasteiger partial charge in [-0.1, -0.05) is 0 Å². The predicted molar refractivity (Wildman–Crippen MR) is 47.6 cm³/mol.